The van der Waals surface area contributed by atoms with Crippen molar-refractivity contribution >= 4 is 38.6 Å². The molecule has 2 rings (SSSR count). The fourth-order valence-corrected chi connectivity index (χ4v) is 2.12. The van der Waals surface area contributed by atoms with Crippen LogP contribution in [0.4, 0.5) is 5.69 Å². The molecule has 0 aromatic carbocycles. The molecule has 2 aromatic rings. The van der Waals surface area contributed by atoms with Gasteiger partial charge in [-0.1, -0.05) is 0 Å². The molecule has 0 saturated heterocycles. The number of fused-ring (bicyclic) bond motifs is 1. The smallest absolute Gasteiger partial charge is 0.244 e. The van der Waals surface area contributed by atoms with Crippen LogP contribution >= 0.6 is 15.9 Å². The number of hydrogen-bond donors (Lipinski definition) is 1. The van der Waals surface area contributed by atoms with Crippen molar-refractivity contribution in [3.63, 3.8) is 0 Å². The molecule has 0 unspecified atom stereocenters. The predicted molar refractivity (Wildman–Crippen MR) is 79.0 cm³/mol. The molecule has 2 heterocycles. The van der Waals surface area contributed by atoms with E-state index in [1.807, 2.05) is 19.1 Å². The van der Waals surface area contributed by atoms with Gasteiger partial charge < -0.3 is 10.2 Å². The van der Waals surface area contributed by atoms with E-state index in [-0.39, 0.29) is 11.9 Å². The van der Waals surface area contributed by atoms with E-state index < -0.39 is 0 Å². The lowest BCUT2D eigenvalue weighted by molar-refractivity contribution is -0.129. The SMILES string of the molecule is C[C@H](Nc1ccnc2cc(Br)cnc12)C(=O)N(C)C. The predicted octanol–water partition coefficient (Wildman–Crippen LogP) is 2.28. The third-order valence-electron chi connectivity index (χ3n) is 2.73. The second kappa shape index (κ2) is 5.52. The summed E-state index contributed by atoms with van der Waals surface area (Å²) in [5, 5.41) is 3.18. The average molecular weight is 323 g/mol. The second-order valence-corrected chi connectivity index (χ2v) is 5.39. The number of hydrogen-bond acceptors (Lipinski definition) is 4. The highest BCUT2D eigenvalue weighted by molar-refractivity contribution is 9.10. The van der Waals surface area contributed by atoms with E-state index in [1.54, 1.807) is 31.4 Å². The van der Waals surface area contributed by atoms with E-state index in [0.717, 1.165) is 21.2 Å². The highest BCUT2D eigenvalue weighted by Crippen LogP contribution is 2.22. The molecule has 0 bridgehead atoms. The van der Waals surface area contributed by atoms with Crippen molar-refractivity contribution in [2.45, 2.75) is 13.0 Å². The zero-order valence-electron chi connectivity index (χ0n) is 11.0. The minimum atomic E-state index is -0.314. The molecular weight excluding hydrogens is 308 g/mol. The van der Waals surface area contributed by atoms with Crippen LogP contribution in [-0.2, 0) is 4.79 Å². The number of nitrogens with zero attached hydrogens (tertiary/aromatic N) is 3. The summed E-state index contributed by atoms with van der Waals surface area (Å²) in [7, 11) is 3.47. The quantitative estimate of drug-likeness (QED) is 0.941. The molecule has 1 atom stereocenters. The summed E-state index contributed by atoms with van der Waals surface area (Å²) in [6.07, 6.45) is 3.42. The van der Waals surface area contributed by atoms with Crippen LogP contribution in [0.25, 0.3) is 11.0 Å². The van der Waals surface area contributed by atoms with E-state index in [1.165, 1.54) is 0 Å². The van der Waals surface area contributed by atoms with E-state index in [2.05, 4.69) is 31.2 Å². The molecule has 0 aliphatic carbocycles. The van der Waals surface area contributed by atoms with Gasteiger partial charge in [0.15, 0.2) is 0 Å². The molecule has 100 valence electrons. The molecule has 1 N–H and O–H groups in total. The molecule has 2 aromatic heterocycles. The van der Waals surface area contributed by atoms with E-state index in [0.29, 0.717) is 0 Å². The molecule has 0 fully saturated rings. The molecule has 19 heavy (non-hydrogen) atoms. The number of nitrogens with one attached hydrogen (secondary N) is 1. The molecule has 0 aliphatic heterocycles. The van der Waals surface area contributed by atoms with Gasteiger partial charge in [-0.2, -0.15) is 0 Å². The lowest BCUT2D eigenvalue weighted by Crippen LogP contribution is -2.36. The molecule has 0 spiro atoms. The van der Waals surface area contributed by atoms with Crippen molar-refractivity contribution in [1.29, 1.82) is 0 Å². The van der Waals surface area contributed by atoms with Crippen molar-refractivity contribution in [3.05, 3.63) is 29.0 Å². The van der Waals surface area contributed by atoms with Crippen LogP contribution in [0.15, 0.2) is 29.0 Å². The van der Waals surface area contributed by atoms with Crippen LogP contribution in [0.2, 0.25) is 0 Å². The van der Waals surface area contributed by atoms with Crippen LogP contribution in [0.1, 0.15) is 6.92 Å². The maximum Gasteiger partial charge on any atom is 0.244 e. The zero-order chi connectivity index (χ0) is 14.0. The molecule has 6 heteroatoms. The minimum Gasteiger partial charge on any atom is -0.372 e. The number of rotatable bonds is 3. The zero-order valence-corrected chi connectivity index (χ0v) is 12.6. The van der Waals surface area contributed by atoms with Crippen LogP contribution < -0.4 is 5.32 Å². The monoisotopic (exact) mass is 322 g/mol. The average Bonchev–Trinajstić information content (AvgIpc) is 2.37. The standard InChI is InChI=1S/C13H15BrN4O/c1-8(13(19)18(2)3)17-10-4-5-15-11-6-9(14)7-16-12(10)11/h4-8H,1-3H3,(H,15,17)/t8-/m0/s1. The van der Waals surface area contributed by atoms with Crippen LogP contribution in [0, 0.1) is 0 Å². The summed E-state index contributed by atoms with van der Waals surface area (Å²) in [6.45, 7) is 1.83. The Kier molecular flexibility index (Phi) is 3.99. The number of amides is 1. The van der Waals surface area contributed by atoms with Crippen LogP contribution in [-0.4, -0.2) is 40.9 Å². The van der Waals surface area contributed by atoms with E-state index in [9.17, 15) is 4.79 Å². The minimum absolute atomic E-state index is 0.0158. The van der Waals surface area contributed by atoms with Crippen LogP contribution in [0.3, 0.4) is 0 Å². The Morgan fingerprint density at radius 3 is 2.84 bits per heavy atom. The number of carbonyl (C=O) groups excluding carboxylic acids is 1. The van der Waals surface area contributed by atoms with Gasteiger partial charge in [0.1, 0.15) is 11.6 Å². The van der Waals surface area contributed by atoms with Crippen LogP contribution in [0.5, 0.6) is 0 Å². The van der Waals surface area contributed by atoms with Gasteiger partial charge in [0.25, 0.3) is 0 Å². The first-order chi connectivity index (χ1) is 8.99. The van der Waals surface area contributed by atoms with Gasteiger partial charge in [-0.3, -0.25) is 14.8 Å². The Bertz CT molecular complexity index is 615. The molecule has 5 nitrogen and oxygen atoms in total. The number of pyridine rings is 2. The molecule has 0 saturated carbocycles. The summed E-state index contributed by atoms with van der Waals surface area (Å²) < 4.78 is 0.877. The second-order valence-electron chi connectivity index (χ2n) is 4.48. The fraction of sp³-hybridized carbons (Fsp3) is 0.308. The van der Waals surface area contributed by atoms with Gasteiger partial charge in [-0.05, 0) is 35.0 Å². The number of anilines is 1. The third-order valence-corrected chi connectivity index (χ3v) is 3.16. The first-order valence-corrected chi connectivity index (χ1v) is 6.66. The molecule has 0 radical (unpaired) electrons. The topological polar surface area (TPSA) is 58.1 Å². The van der Waals surface area contributed by atoms with Gasteiger partial charge in [0, 0.05) is 31.0 Å². The fourth-order valence-electron chi connectivity index (χ4n) is 1.80. The van der Waals surface area contributed by atoms with Gasteiger partial charge >= 0.3 is 0 Å². The summed E-state index contributed by atoms with van der Waals surface area (Å²) >= 11 is 3.37. The van der Waals surface area contributed by atoms with Crippen molar-refractivity contribution in [2.24, 2.45) is 0 Å². The maximum atomic E-state index is 11.9. The first-order valence-electron chi connectivity index (χ1n) is 5.87. The van der Waals surface area contributed by atoms with Gasteiger partial charge in [-0.25, -0.2) is 0 Å². The number of carbonyl (C=O) groups is 1. The lowest BCUT2D eigenvalue weighted by atomic mass is 10.2. The van der Waals surface area contributed by atoms with Gasteiger partial charge in [-0.15, -0.1) is 0 Å². The van der Waals surface area contributed by atoms with Crippen molar-refractivity contribution in [3.8, 4) is 0 Å². The highest BCUT2D eigenvalue weighted by atomic mass is 79.9. The van der Waals surface area contributed by atoms with E-state index in [4.69, 9.17) is 0 Å². The van der Waals surface area contributed by atoms with Gasteiger partial charge in [0.2, 0.25) is 5.91 Å². The van der Waals surface area contributed by atoms with Crippen molar-refractivity contribution in [1.82, 2.24) is 14.9 Å². The third kappa shape index (κ3) is 3.01. The number of aromatic nitrogens is 2. The summed E-state index contributed by atoms with van der Waals surface area (Å²) in [5.74, 6) is 0.0158. The summed E-state index contributed by atoms with van der Waals surface area (Å²) in [5.41, 5.74) is 2.34. The summed E-state index contributed by atoms with van der Waals surface area (Å²) in [6, 6.07) is 3.40. The molecule has 1 amide bonds. The highest BCUT2D eigenvalue weighted by Gasteiger charge is 2.15. The number of halogens is 1. The Morgan fingerprint density at radius 1 is 1.42 bits per heavy atom. The normalized spacial score (nSPS) is 12.2. The molecule has 0 aliphatic rings. The Morgan fingerprint density at radius 2 is 2.16 bits per heavy atom. The Labute approximate surface area is 120 Å². The first kappa shape index (κ1) is 13.7. The van der Waals surface area contributed by atoms with Crippen molar-refractivity contribution < 1.29 is 4.79 Å². The summed E-state index contributed by atoms with van der Waals surface area (Å²) in [4.78, 5) is 22.0. The van der Waals surface area contributed by atoms with E-state index >= 15 is 0 Å². The largest absolute Gasteiger partial charge is 0.372 e. The molecular formula is C13H15BrN4O. The lowest BCUT2D eigenvalue weighted by Gasteiger charge is -2.19. The Balaban J connectivity index is 2.33. The van der Waals surface area contributed by atoms with Crippen molar-refractivity contribution in [2.75, 3.05) is 19.4 Å². The maximum absolute atomic E-state index is 11.9. The van der Waals surface area contributed by atoms with Gasteiger partial charge in [0.05, 0.1) is 11.2 Å². The Hall–Kier alpha value is -1.69. The number of likely N-dealkylation sites (N-methyl/N-ethyl adjacent to an activating group) is 1.